The summed E-state index contributed by atoms with van der Waals surface area (Å²) in [5.74, 6) is -1.22. The van der Waals surface area contributed by atoms with Gasteiger partial charge in [-0.25, -0.2) is 4.39 Å². The summed E-state index contributed by atoms with van der Waals surface area (Å²) in [5, 5.41) is 2.75. The molecule has 2 aromatic rings. The third-order valence-corrected chi connectivity index (χ3v) is 5.90. The Morgan fingerprint density at radius 1 is 1.23 bits per heavy atom. The fourth-order valence-corrected chi connectivity index (χ4v) is 4.12. The van der Waals surface area contributed by atoms with Crippen molar-refractivity contribution in [3.8, 4) is 0 Å². The summed E-state index contributed by atoms with van der Waals surface area (Å²) < 4.78 is 13.7. The molecule has 2 aromatic carbocycles. The molecular formula is C23H24FN3O3. The monoisotopic (exact) mass is 409 g/mol. The lowest BCUT2D eigenvalue weighted by Gasteiger charge is -2.20. The molecule has 1 saturated heterocycles. The first-order chi connectivity index (χ1) is 14.4. The van der Waals surface area contributed by atoms with Crippen molar-refractivity contribution in [3.63, 3.8) is 0 Å². The number of halogens is 1. The Morgan fingerprint density at radius 2 is 2.03 bits per heavy atom. The van der Waals surface area contributed by atoms with Crippen LogP contribution < -0.4 is 15.1 Å². The molecule has 1 N–H and O–H groups in total. The molecule has 1 unspecified atom stereocenters. The maximum atomic E-state index is 13.7. The van der Waals surface area contributed by atoms with E-state index >= 15 is 0 Å². The molecule has 0 spiro atoms. The zero-order chi connectivity index (χ0) is 21.4. The molecule has 30 heavy (non-hydrogen) atoms. The van der Waals surface area contributed by atoms with Crippen molar-refractivity contribution >= 4 is 34.8 Å². The SMILES string of the molecule is CCC(=O)N1CCc2cc(N3CC(C(=O)Nc4cccc(F)c4C)CC3=O)ccc21. The first-order valence-electron chi connectivity index (χ1n) is 10.2. The van der Waals surface area contributed by atoms with Crippen LogP contribution in [0.3, 0.4) is 0 Å². The second-order valence-electron chi connectivity index (χ2n) is 7.77. The zero-order valence-corrected chi connectivity index (χ0v) is 17.1. The fraction of sp³-hybridized carbons (Fsp3) is 0.348. The second kappa shape index (κ2) is 7.89. The van der Waals surface area contributed by atoms with Crippen LogP contribution in [-0.2, 0) is 20.8 Å². The Bertz CT molecular complexity index is 1040. The molecule has 2 aliphatic heterocycles. The van der Waals surface area contributed by atoms with Crippen molar-refractivity contribution in [1.29, 1.82) is 0 Å². The molecule has 2 heterocycles. The van der Waals surface area contributed by atoms with E-state index in [-0.39, 0.29) is 36.5 Å². The van der Waals surface area contributed by atoms with Crippen LogP contribution in [-0.4, -0.2) is 30.8 Å². The van der Waals surface area contributed by atoms with Gasteiger partial charge in [0, 0.05) is 48.6 Å². The summed E-state index contributed by atoms with van der Waals surface area (Å²) in [4.78, 5) is 40.8. The van der Waals surface area contributed by atoms with Crippen molar-refractivity contribution in [1.82, 2.24) is 0 Å². The lowest BCUT2D eigenvalue weighted by Crippen LogP contribution is -2.28. The lowest BCUT2D eigenvalue weighted by atomic mass is 10.1. The average molecular weight is 409 g/mol. The van der Waals surface area contributed by atoms with Crippen LogP contribution in [0, 0.1) is 18.7 Å². The molecule has 1 fully saturated rings. The quantitative estimate of drug-likeness (QED) is 0.841. The molecule has 0 aliphatic carbocycles. The highest BCUT2D eigenvalue weighted by Gasteiger charge is 2.36. The van der Waals surface area contributed by atoms with E-state index in [1.165, 1.54) is 6.07 Å². The van der Waals surface area contributed by atoms with Crippen LogP contribution in [0.4, 0.5) is 21.5 Å². The zero-order valence-electron chi connectivity index (χ0n) is 17.1. The van der Waals surface area contributed by atoms with Crippen LogP contribution in [0.25, 0.3) is 0 Å². The van der Waals surface area contributed by atoms with Gasteiger partial charge in [-0.15, -0.1) is 0 Å². The van der Waals surface area contributed by atoms with Crippen LogP contribution in [0.5, 0.6) is 0 Å². The molecule has 0 radical (unpaired) electrons. The van der Waals surface area contributed by atoms with Gasteiger partial charge in [0.15, 0.2) is 0 Å². The van der Waals surface area contributed by atoms with Crippen molar-refractivity contribution in [3.05, 3.63) is 53.3 Å². The van der Waals surface area contributed by atoms with Gasteiger partial charge in [-0.2, -0.15) is 0 Å². The number of nitrogens with one attached hydrogen (secondary N) is 1. The smallest absolute Gasteiger partial charge is 0.229 e. The van der Waals surface area contributed by atoms with Gasteiger partial charge in [0.1, 0.15) is 5.82 Å². The van der Waals surface area contributed by atoms with Gasteiger partial charge in [-0.3, -0.25) is 14.4 Å². The largest absolute Gasteiger partial charge is 0.325 e. The number of fused-ring (bicyclic) bond motifs is 1. The molecule has 2 aliphatic rings. The normalized spacial score (nSPS) is 18.0. The van der Waals surface area contributed by atoms with Gasteiger partial charge < -0.3 is 15.1 Å². The molecular weight excluding hydrogens is 385 g/mol. The van der Waals surface area contributed by atoms with Gasteiger partial charge in [0.2, 0.25) is 17.7 Å². The fourth-order valence-electron chi connectivity index (χ4n) is 4.12. The summed E-state index contributed by atoms with van der Waals surface area (Å²) in [6.45, 7) is 4.37. The van der Waals surface area contributed by atoms with Gasteiger partial charge in [0.05, 0.1) is 5.92 Å². The third-order valence-electron chi connectivity index (χ3n) is 5.90. The Morgan fingerprint density at radius 3 is 2.80 bits per heavy atom. The van der Waals surface area contributed by atoms with E-state index in [1.807, 2.05) is 25.1 Å². The Hall–Kier alpha value is -3.22. The van der Waals surface area contributed by atoms with Gasteiger partial charge in [-0.05, 0) is 49.2 Å². The Balaban J connectivity index is 1.48. The van der Waals surface area contributed by atoms with E-state index in [9.17, 15) is 18.8 Å². The van der Waals surface area contributed by atoms with Crippen molar-refractivity contribution in [2.45, 2.75) is 33.1 Å². The minimum atomic E-state index is -0.508. The summed E-state index contributed by atoms with van der Waals surface area (Å²) >= 11 is 0. The number of anilines is 3. The van der Waals surface area contributed by atoms with Gasteiger partial charge in [0.25, 0.3) is 0 Å². The van der Waals surface area contributed by atoms with E-state index in [2.05, 4.69) is 5.32 Å². The summed E-state index contributed by atoms with van der Waals surface area (Å²) in [6, 6.07) is 10.2. The van der Waals surface area contributed by atoms with Crippen molar-refractivity contribution in [2.75, 3.05) is 28.2 Å². The highest BCUT2D eigenvalue weighted by molar-refractivity contribution is 6.04. The molecule has 3 amide bonds. The Kier molecular flexibility index (Phi) is 5.28. The maximum Gasteiger partial charge on any atom is 0.229 e. The molecule has 0 aromatic heterocycles. The first-order valence-corrected chi connectivity index (χ1v) is 10.2. The number of amides is 3. The number of benzene rings is 2. The lowest BCUT2D eigenvalue weighted by molar-refractivity contribution is -0.122. The first kappa shape index (κ1) is 20.1. The number of carbonyl (C=O) groups excluding carboxylic acids is 3. The van der Waals surface area contributed by atoms with Crippen LogP contribution >= 0.6 is 0 Å². The summed E-state index contributed by atoms with van der Waals surface area (Å²) in [5.41, 5.74) is 3.46. The number of carbonyl (C=O) groups is 3. The molecule has 156 valence electrons. The third kappa shape index (κ3) is 3.56. The molecule has 6 nitrogen and oxygen atoms in total. The van der Waals surface area contributed by atoms with E-state index in [4.69, 9.17) is 0 Å². The minimum Gasteiger partial charge on any atom is -0.325 e. The van der Waals surface area contributed by atoms with Gasteiger partial charge >= 0.3 is 0 Å². The number of hydrogen-bond acceptors (Lipinski definition) is 3. The molecule has 7 heteroatoms. The Labute approximate surface area is 174 Å². The van der Waals surface area contributed by atoms with E-state index < -0.39 is 5.92 Å². The molecule has 1 atom stereocenters. The number of rotatable bonds is 4. The van der Waals surface area contributed by atoms with E-state index in [0.29, 0.717) is 24.2 Å². The maximum absolute atomic E-state index is 13.7. The highest BCUT2D eigenvalue weighted by atomic mass is 19.1. The molecule has 0 saturated carbocycles. The second-order valence-corrected chi connectivity index (χ2v) is 7.77. The van der Waals surface area contributed by atoms with Crippen LogP contribution in [0.15, 0.2) is 36.4 Å². The highest BCUT2D eigenvalue weighted by Crippen LogP contribution is 2.34. The molecule has 0 bridgehead atoms. The topological polar surface area (TPSA) is 69.7 Å². The number of nitrogens with zero attached hydrogens (tertiary/aromatic N) is 2. The van der Waals surface area contributed by atoms with Gasteiger partial charge in [-0.1, -0.05) is 13.0 Å². The van der Waals surface area contributed by atoms with E-state index in [0.717, 1.165) is 23.4 Å². The number of hydrogen-bond donors (Lipinski definition) is 1. The summed E-state index contributed by atoms with van der Waals surface area (Å²) in [7, 11) is 0. The standard InChI is InChI=1S/C23H24FN3O3/c1-3-21(28)26-10-9-15-11-17(7-8-20(15)26)27-13-16(12-22(27)29)23(30)25-19-6-4-5-18(24)14(19)2/h4-8,11,16H,3,9-10,12-13H2,1-2H3,(H,25,30). The van der Waals surface area contributed by atoms with Crippen LogP contribution in [0.1, 0.15) is 30.9 Å². The predicted molar refractivity (Wildman–Crippen MR) is 113 cm³/mol. The summed E-state index contributed by atoms with van der Waals surface area (Å²) in [6.07, 6.45) is 1.31. The predicted octanol–water partition coefficient (Wildman–Crippen LogP) is 3.42. The van der Waals surface area contributed by atoms with E-state index in [1.54, 1.807) is 28.9 Å². The van der Waals surface area contributed by atoms with Crippen molar-refractivity contribution < 1.29 is 18.8 Å². The molecule has 4 rings (SSSR count). The van der Waals surface area contributed by atoms with Crippen LogP contribution in [0.2, 0.25) is 0 Å². The van der Waals surface area contributed by atoms with Crippen molar-refractivity contribution in [2.24, 2.45) is 5.92 Å². The average Bonchev–Trinajstić information content (AvgIpc) is 3.34. The minimum absolute atomic E-state index is 0.0862.